The standard InChI is InChI=1S/C19H22N4O3S/c1-19(2)8-11-12(9-26-19)16(23-4-6-25-7-5-23)22-18-13(11)14-15(27-18)17(24-3)21-10-20-14/h10H,4-9H2,1-3H3/p+1. The van der Waals surface area contributed by atoms with Gasteiger partial charge in [-0.25, -0.2) is 9.97 Å². The Labute approximate surface area is 161 Å². The minimum Gasteiger partial charge on any atom is -0.465 e. The molecule has 0 saturated carbocycles. The van der Waals surface area contributed by atoms with Gasteiger partial charge in [0.1, 0.15) is 10.6 Å². The first-order valence-electron chi connectivity index (χ1n) is 9.23. The van der Waals surface area contributed by atoms with E-state index in [1.807, 2.05) is 0 Å². The first-order chi connectivity index (χ1) is 13.1. The maximum absolute atomic E-state index is 6.16. The van der Waals surface area contributed by atoms with Crippen molar-refractivity contribution < 1.29 is 19.2 Å². The molecule has 3 aromatic rings. The highest BCUT2D eigenvalue weighted by molar-refractivity contribution is 7.25. The summed E-state index contributed by atoms with van der Waals surface area (Å²) in [6.45, 7) is 8.05. The topological polar surface area (TPSA) is 70.9 Å². The van der Waals surface area contributed by atoms with E-state index < -0.39 is 0 Å². The predicted molar refractivity (Wildman–Crippen MR) is 104 cm³/mol. The number of morpholine rings is 1. The monoisotopic (exact) mass is 387 g/mol. The number of methoxy groups -OCH3 is 1. The molecule has 2 aliphatic heterocycles. The zero-order valence-electron chi connectivity index (χ0n) is 15.8. The van der Waals surface area contributed by atoms with E-state index in [0.717, 1.165) is 64.9 Å². The number of aromatic nitrogens is 3. The minimum absolute atomic E-state index is 0.206. The lowest BCUT2D eigenvalue weighted by Gasteiger charge is -2.36. The second-order valence-corrected chi connectivity index (χ2v) is 8.61. The van der Waals surface area contributed by atoms with Crippen LogP contribution in [0.4, 0.5) is 5.82 Å². The number of nitrogens with one attached hydrogen (secondary N) is 1. The van der Waals surface area contributed by atoms with E-state index in [2.05, 4.69) is 28.7 Å². The van der Waals surface area contributed by atoms with E-state index in [-0.39, 0.29) is 5.60 Å². The third-order valence-electron chi connectivity index (χ3n) is 5.33. The number of nitrogens with zero attached hydrogens (tertiary/aromatic N) is 3. The summed E-state index contributed by atoms with van der Waals surface area (Å²) in [6.07, 6.45) is 2.53. The van der Waals surface area contributed by atoms with Crippen molar-refractivity contribution in [1.29, 1.82) is 0 Å². The van der Waals surface area contributed by atoms with E-state index in [0.29, 0.717) is 6.61 Å². The van der Waals surface area contributed by atoms with Crippen LogP contribution in [0.3, 0.4) is 0 Å². The largest absolute Gasteiger partial charge is 0.465 e. The van der Waals surface area contributed by atoms with Gasteiger partial charge in [0.15, 0.2) is 4.70 Å². The number of hydrogen-bond donors (Lipinski definition) is 0. The van der Waals surface area contributed by atoms with Crippen molar-refractivity contribution in [2.45, 2.75) is 32.5 Å². The minimum atomic E-state index is -0.206. The summed E-state index contributed by atoms with van der Waals surface area (Å²) in [7, 11) is 1.68. The molecule has 0 amide bonds. The van der Waals surface area contributed by atoms with Gasteiger partial charge in [0, 0.05) is 25.1 Å². The molecule has 0 bridgehead atoms. The summed E-state index contributed by atoms with van der Waals surface area (Å²) in [5, 5.41) is 1.14. The first kappa shape index (κ1) is 17.1. The Morgan fingerprint density at radius 3 is 2.85 bits per heavy atom. The molecular formula is C19H23N4O3S+. The molecular weight excluding hydrogens is 364 g/mol. The van der Waals surface area contributed by atoms with Crippen LogP contribution in [-0.2, 0) is 22.5 Å². The van der Waals surface area contributed by atoms with Crippen molar-refractivity contribution >= 4 is 37.6 Å². The van der Waals surface area contributed by atoms with Crippen molar-refractivity contribution in [2.24, 2.45) is 0 Å². The van der Waals surface area contributed by atoms with Crippen LogP contribution in [0.15, 0.2) is 6.33 Å². The van der Waals surface area contributed by atoms with Crippen molar-refractivity contribution in [3.63, 3.8) is 0 Å². The number of ether oxygens (including phenoxy) is 3. The van der Waals surface area contributed by atoms with Gasteiger partial charge in [0.05, 0.1) is 37.9 Å². The summed E-state index contributed by atoms with van der Waals surface area (Å²) < 4.78 is 18.2. The third-order valence-corrected chi connectivity index (χ3v) is 6.40. The Kier molecular flexibility index (Phi) is 3.96. The summed E-state index contributed by atoms with van der Waals surface area (Å²) in [4.78, 5) is 16.1. The number of pyridine rings is 1. The molecule has 0 aromatic carbocycles. The second-order valence-electron chi connectivity index (χ2n) is 7.61. The Bertz CT molecular complexity index is 1030. The highest BCUT2D eigenvalue weighted by atomic mass is 32.1. The number of aromatic amines is 1. The van der Waals surface area contributed by atoms with Crippen molar-refractivity contribution in [3.05, 3.63) is 17.5 Å². The zero-order valence-corrected chi connectivity index (χ0v) is 16.6. The van der Waals surface area contributed by atoms with Crippen LogP contribution in [0.25, 0.3) is 20.4 Å². The van der Waals surface area contributed by atoms with E-state index in [4.69, 9.17) is 19.2 Å². The van der Waals surface area contributed by atoms with Crippen LogP contribution in [0.2, 0.25) is 0 Å². The molecule has 5 rings (SSSR count). The average Bonchev–Trinajstić information content (AvgIpc) is 3.06. The molecule has 0 unspecified atom stereocenters. The maximum atomic E-state index is 6.16. The molecule has 1 fully saturated rings. The number of rotatable bonds is 2. The van der Waals surface area contributed by atoms with E-state index in [1.54, 1.807) is 24.8 Å². The Morgan fingerprint density at radius 2 is 2.07 bits per heavy atom. The van der Waals surface area contributed by atoms with Crippen LogP contribution >= 0.6 is 11.3 Å². The molecule has 7 nitrogen and oxygen atoms in total. The smallest absolute Gasteiger partial charge is 0.303 e. The number of thiophene rings is 1. The molecule has 0 atom stereocenters. The van der Waals surface area contributed by atoms with Gasteiger partial charge in [-0.3, -0.25) is 0 Å². The van der Waals surface area contributed by atoms with Crippen LogP contribution in [0.1, 0.15) is 25.0 Å². The van der Waals surface area contributed by atoms with Crippen molar-refractivity contribution in [2.75, 3.05) is 38.3 Å². The summed E-state index contributed by atoms with van der Waals surface area (Å²) >= 11 is 1.64. The molecule has 1 saturated heterocycles. The molecule has 5 heterocycles. The first-order valence-corrected chi connectivity index (χ1v) is 10.0. The van der Waals surface area contributed by atoms with E-state index in [9.17, 15) is 0 Å². The number of anilines is 1. The molecule has 3 aromatic heterocycles. The number of hydrogen-bond acceptors (Lipinski definition) is 7. The van der Waals surface area contributed by atoms with E-state index >= 15 is 0 Å². The lowest BCUT2D eigenvalue weighted by molar-refractivity contribution is -0.394. The number of H-pyrrole nitrogens is 1. The fraction of sp³-hybridized carbons (Fsp3) is 0.526. The molecule has 27 heavy (non-hydrogen) atoms. The Hall–Kier alpha value is -2.03. The summed E-state index contributed by atoms with van der Waals surface area (Å²) in [5.74, 6) is 1.77. The van der Waals surface area contributed by atoms with Gasteiger partial charge in [-0.2, -0.15) is 0 Å². The normalized spacial score (nSPS) is 19.4. The van der Waals surface area contributed by atoms with Crippen molar-refractivity contribution in [3.8, 4) is 5.88 Å². The fourth-order valence-electron chi connectivity index (χ4n) is 3.99. The highest BCUT2D eigenvalue weighted by Gasteiger charge is 2.34. The maximum Gasteiger partial charge on any atom is 0.303 e. The van der Waals surface area contributed by atoms with Crippen LogP contribution < -0.4 is 14.6 Å². The third kappa shape index (κ3) is 2.74. The van der Waals surface area contributed by atoms with Gasteiger partial charge in [-0.1, -0.05) is 0 Å². The molecule has 0 radical (unpaired) electrons. The number of fused-ring (bicyclic) bond motifs is 5. The summed E-state index contributed by atoms with van der Waals surface area (Å²) in [6, 6.07) is 0. The quantitative estimate of drug-likeness (QED) is 0.672. The molecule has 1 N–H and O–H groups in total. The second kappa shape index (κ2) is 6.25. The fourth-order valence-corrected chi connectivity index (χ4v) is 5.12. The highest BCUT2D eigenvalue weighted by Crippen LogP contribution is 2.43. The van der Waals surface area contributed by atoms with Gasteiger partial charge >= 0.3 is 5.88 Å². The molecule has 2 aliphatic rings. The zero-order chi connectivity index (χ0) is 18.6. The van der Waals surface area contributed by atoms with Crippen LogP contribution in [-0.4, -0.2) is 49.0 Å². The van der Waals surface area contributed by atoms with Crippen molar-refractivity contribution in [1.82, 2.24) is 9.97 Å². The Balaban J connectivity index is 1.81. The van der Waals surface area contributed by atoms with Crippen LogP contribution in [0.5, 0.6) is 5.88 Å². The molecule has 0 aliphatic carbocycles. The van der Waals surface area contributed by atoms with Gasteiger partial charge in [-0.15, -0.1) is 11.3 Å². The SMILES string of the molecule is COc1[nH+]cnc2c1sc1nc(N3CCOCC3)c3c(c12)CC(C)(C)OC3. The van der Waals surface area contributed by atoms with E-state index in [1.165, 1.54) is 11.1 Å². The molecule has 142 valence electrons. The lowest BCUT2D eigenvalue weighted by atomic mass is 9.90. The molecule has 8 heteroatoms. The average molecular weight is 387 g/mol. The van der Waals surface area contributed by atoms with Gasteiger partial charge in [-0.05, 0) is 24.4 Å². The predicted octanol–water partition coefficient (Wildman–Crippen LogP) is 2.36. The Morgan fingerprint density at radius 1 is 1.26 bits per heavy atom. The molecule has 0 spiro atoms. The van der Waals surface area contributed by atoms with Gasteiger partial charge in [0.25, 0.3) is 6.33 Å². The van der Waals surface area contributed by atoms with Crippen LogP contribution in [0, 0.1) is 0 Å². The lowest BCUT2D eigenvalue weighted by Crippen LogP contribution is -2.39. The summed E-state index contributed by atoms with van der Waals surface area (Å²) in [5.41, 5.74) is 3.25. The van der Waals surface area contributed by atoms with Gasteiger partial charge in [0.2, 0.25) is 5.52 Å². The van der Waals surface area contributed by atoms with Gasteiger partial charge < -0.3 is 19.1 Å².